The van der Waals surface area contributed by atoms with Crippen molar-refractivity contribution in [1.82, 2.24) is 9.97 Å². The Morgan fingerprint density at radius 2 is 2.42 bits per heavy atom. The standard InChI is InChI=1S/C8H11N2OSi/c1-2-6-5-7(11)10-8(9-6)12-3-4-12/h5H,2-4H2,1H3,(H,9,10,11). The summed E-state index contributed by atoms with van der Waals surface area (Å²) in [6, 6.07) is 4.15. The molecule has 0 atom stereocenters. The zero-order valence-corrected chi connectivity index (χ0v) is 8.05. The van der Waals surface area contributed by atoms with Crippen LogP contribution in [0.15, 0.2) is 10.9 Å². The molecule has 0 aliphatic carbocycles. The summed E-state index contributed by atoms with van der Waals surface area (Å²) in [7, 11) is -0.383. The highest BCUT2D eigenvalue weighted by Crippen LogP contribution is 2.18. The molecule has 0 amide bonds. The van der Waals surface area contributed by atoms with Gasteiger partial charge in [-0.05, 0) is 6.42 Å². The van der Waals surface area contributed by atoms with Crippen LogP contribution in [0.3, 0.4) is 0 Å². The molecule has 1 radical (unpaired) electrons. The predicted molar refractivity (Wildman–Crippen MR) is 49.2 cm³/mol. The molecular formula is C8H11N2OSi. The molecule has 1 N–H and O–H groups in total. The molecule has 0 unspecified atom stereocenters. The minimum atomic E-state index is -0.383. The van der Waals surface area contributed by atoms with Crippen LogP contribution in [0.4, 0.5) is 0 Å². The topological polar surface area (TPSA) is 45.8 Å². The van der Waals surface area contributed by atoms with Crippen molar-refractivity contribution in [3.8, 4) is 0 Å². The van der Waals surface area contributed by atoms with Crippen molar-refractivity contribution in [2.24, 2.45) is 0 Å². The van der Waals surface area contributed by atoms with Gasteiger partial charge in [0.05, 0.1) is 5.45 Å². The summed E-state index contributed by atoms with van der Waals surface area (Å²) in [4.78, 5) is 18.3. The molecule has 1 aliphatic heterocycles. The van der Waals surface area contributed by atoms with Crippen molar-refractivity contribution in [3.63, 3.8) is 0 Å². The van der Waals surface area contributed by atoms with Gasteiger partial charge < -0.3 is 4.98 Å². The molecule has 1 aromatic rings. The molecule has 0 aromatic carbocycles. The first-order valence-corrected chi connectivity index (χ1v) is 6.16. The summed E-state index contributed by atoms with van der Waals surface area (Å²) in [6.45, 7) is 2.02. The quantitative estimate of drug-likeness (QED) is 0.652. The highest BCUT2D eigenvalue weighted by atomic mass is 28.3. The van der Waals surface area contributed by atoms with Crippen molar-refractivity contribution in [3.05, 3.63) is 22.1 Å². The number of aromatic amines is 1. The Morgan fingerprint density at radius 1 is 1.67 bits per heavy atom. The van der Waals surface area contributed by atoms with Gasteiger partial charge >= 0.3 is 0 Å². The summed E-state index contributed by atoms with van der Waals surface area (Å²) >= 11 is 0. The average Bonchev–Trinajstić information content (AvgIpc) is 2.85. The minimum absolute atomic E-state index is 0.0150. The first-order valence-electron chi connectivity index (χ1n) is 4.25. The Morgan fingerprint density at radius 3 is 3.00 bits per heavy atom. The van der Waals surface area contributed by atoms with Gasteiger partial charge in [0.1, 0.15) is 8.80 Å². The summed E-state index contributed by atoms with van der Waals surface area (Å²) in [6.07, 6.45) is 0.853. The molecule has 1 saturated heterocycles. The molecule has 0 bridgehead atoms. The van der Waals surface area contributed by atoms with Crippen LogP contribution in [0.2, 0.25) is 12.1 Å². The number of aryl methyl sites for hydroxylation is 1. The van der Waals surface area contributed by atoms with Crippen molar-refractivity contribution >= 4 is 14.2 Å². The molecule has 2 rings (SSSR count). The summed E-state index contributed by atoms with van der Waals surface area (Å²) < 4.78 is 0. The smallest absolute Gasteiger partial charge is 0.250 e. The first kappa shape index (κ1) is 7.73. The average molecular weight is 179 g/mol. The van der Waals surface area contributed by atoms with Crippen LogP contribution in [-0.4, -0.2) is 18.8 Å². The number of rotatable bonds is 2. The second kappa shape index (κ2) is 2.86. The van der Waals surface area contributed by atoms with Gasteiger partial charge in [0.25, 0.3) is 5.56 Å². The lowest BCUT2D eigenvalue weighted by atomic mass is 10.3. The summed E-state index contributed by atoms with van der Waals surface area (Å²) in [5.41, 5.74) is 1.93. The second-order valence-electron chi connectivity index (χ2n) is 3.04. The van der Waals surface area contributed by atoms with Crippen molar-refractivity contribution in [2.45, 2.75) is 25.4 Å². The van der Waals surface area contributed by atoms with Crippen LogP contribution in [0.1, 0.15) is 12.6 Å². The zero-order chi connectivity index (χ0) is 8.55. The van der Waals surface area contributed by atoms with Crippen LogP contribution in [0, 0.1) is 0 Å². The SMILES string of the molecule is CCc1cc(=O)[nH]c([Si]2CC2)n1. The van der Waals surface area contributed by atoms with Gasteiger partial charge in [0.15, 0.2) is 0 Å². The van der Waals surface area contributed by atoms with Gasteiger partial charge in [-0.3, -0.25) is 4.79 Å². The van der Waals surface area contributed by atoms with Crippen LogP contribution >= 0.6 is 0 Å². The minimum Gasteiger partial charge on any atom is -0.315 e. The molecule has 4 heteroatoms. The van der Waals surface area contributed by atoms with E-state index in [1.807, 2.05) is 6.92 Å². The van der Waals surface area contributed by atoms with E-state index in [9.17, 15) is 4.79 Å². The highest BCUT2D eigenvalue weighted by molar-refractivity contribution is 6.80. The maximum absolute atomic E-state index is 11.1. The number of nitrogens with zero attached hydrogens (tertiary/aromatic N) is 1. The molecule has 1 fully saturated rings. The van der Waals surface area contributed by atoms with Gasteiger partial charge in [-0.2, -0.15) is 0 Å². The van der Waals surface area contributed by atoms with Crippen molar-refractivity contribution < 1.29 is 0 Å². The van der Waals surface area contributed by atoms with E-state index in [0.717, 1.165) is 17.6 Å². The second-order valence-corrected chi connectivity index (χ2v) is 5.72. The molecule has 12 heavy (non-hydrogen) atoms. The van der Waals surface area contributed by atoms with E-state index >= 15 is 0 Å². The number of hydrogen-bond donors (Lipinski definition) is 1. The van der Waals surface area contributed by atoms with Gasteiger partial charge in [0, 0.05) is 11.8 Å². The van der Waals surface area contributed by atoms with Crippen LogP contribution < -0.4 is 11.0 Å². The van der Waals surface area contributed by atoms with Gasteiger partial charge in [-0.15, -0.1) is 0 Å². The maximum Gasteiger partial charge on any atom is 0.250 e. The van der Waals surface area contributed by atoms with E-state index in [4.69, 9.17) is 0 Å². The highest BCUT2D eigenvalue weighted by Gasteiger charge is 2.29. The molecular weight excluding hydrogens is 168 g/mol. The van der Waals surface area contributed by atoms with Crippen molar-refractivity contribution in [2.75, 3.05) is 0 Å². The predicted octanol–water partition coefficient (Wildman–Crippen LogP) is 0.0477. The van der Waals surface area contributed by atoms with E-state index in [-0.39, 0.29) is 14.4 Å². The fourth-order valence-electron chi connectivity index (χ4n) is 1.16. The van der Waals surface area contributed by atoms with Crippen LogP contribution in [-0.2, 0) is 6.42 Å². The molecule has 0 saturated carbocycles. The number of hydrogen-bond acceptors (Lipinski definition) is 2. The Hall–Kier alpha value is -0.903. The first-order chi connectivity index (χ1) is 5.79. The Labute approximate surface area is 72.5 Å². The van der Waals surface area contributed by atoms with E-state index in [1.165, 1.54) is 12.1 Å². The third-order valence-electron chi connectivity index (χ3n) is 1.99. The Balaban J connectivity index is 2.41. The molecule has 63 valence electrons. The van der Waals surface area contributed by atoms with Gasteiger partial charge in [-0.25, -0.2) is 4.98 Å². The van der Waals surface area contributed by atoms with Crippen LogP contribution in [0.5, 0.6) is 0 Å². The van der Waals surface area contributed by atoms with Crippen LogP contribution in [0.25, 0.3) is 0 Å². The summed E-state index contributed by atoms with van der Waals surface area (Å²) in [5, 5.41) is 0. The molecule has 0 spiro atoms. The number of H-pyrrole nitrogens is 1. The van der Waals surface area contributed by atoms with Gasteiger partial charge in [0.2, 0.25) is 0 Å². The number of aromatic nitrogens is 2. The third-order valence-corrected chi connectivity index (χ3v) is 3.90. The Bertz CT molecular complexity index is 343. The molecule has 1 aliphatic rings. The maximum atomic E-state index is 11.1. The molecule has 2 heterocycles. The fraction of sp³-hybridized carbons (Fsp3) is 0.500. The van der Waals surface area contributed by atoms with Crippen molar-refractivity contribution in [1.29, 1.82) is 0 Å². The van der Waals surface area contributed by atoms with E-state index in [2.05, 4.69) is 9.97 Å². The lowest BCUT2D eigenvalue weighted by Crippen LogP contribution is -2.31. The monoisotopic (exact) mass is 179 g/mol. The van der Waals surface area contributed by atoms with Gasteiger partial charge in [-0.1, -0.05) is 19.0 Å². The van der Waals surface area contributed by atoms with E-state index in [0.29, 0.717) is 0 Å². The summed E-state index contributed by atoms with van der Waals surface area (Å²) in [5.74, 6) is 0. The molecule has 3 nitrogen and oxygen atoms in total. The number of nitrogens with one attached hydrogen (secondary N) is 1. The fourth-order valence-corrected chi connectivity index (χ4v) is 2.73. The third kappa shape index (κ3) is 1.48. The zero-order valence-electron chi connectivity index (χ0n) is 7.05. The van der Waals surface area contributed by atoms with E-state index in [1.54, 1.807) is 6.07 Å². The van der Waals surface area contributed by atoms with E-state index < -0.39 is 0 Å². The lowest BCUT2D eigenvalue weighted by molar-refractivity contribution is 1.01. The normalized spacial score (nSPS) is 16.4. The lowest BCUT2D eigenvalue weighted by Gasteiger charge is -1.98. The largest absolute Gasteiger partial charge is 0.315 e. The Kier molecular flexibility index (Phi) is 1.84. The molecule has 1 aromatic heterocycles.